The molecule has 0 bridgehead atoms. The Labute approximate surface area is 182 Å². The van der Waals surface area contributed by atoms with Crippen molar-refractivity contribution in [1.29, 1.82) is 0 Å². The van der Waals surface area contributed by atoms with Crippen molar-refractivity contribution >= 4 is 29.1 Å². The maximum atomic E-state index is 13.1. The zero-order valence-electron chi connectivity index (χ0n) is 18.8. The molecule has 0 spiro atoms. The maximum absolute atomic E-state index is 13.1. The molecule has 1 aromatic carbocycles. The number of aromatic nitrogens is 2. The molecule has 0 saturated carbocycles. The molecular formula is C23H29N5O3. The van der Waals surface area contributed by atoms with E-state index < -0.39 is 0 Å². The van der Waals surface area contributed by atoms with Crippen molar-refractivity contribution in [3.63, 3.8) is 0 Å². The number of ether oxygens (including phenoxy) is 1. The number of pyridine rings is 1. The normalized spacial score (nSPS) is 10.9. The third kappa shape index (κ3) is 4.33. The third-order valence-electron chi connectivity index (χ3n) is 5.31. The van der Waals surface area contributed by atoms with Crippen molar-refractivity contribution in [1.82, 2.24) is 14.3 Å². The maximum Gasteiger partial charge on any atom is 0.327 e. The predicted molar refractivity (Wildman–Crippen MR) is 122 cm³/mol. The molecule has 1 N–H and O–H groups in total. The number of benzene rings is 1. The lowest BCUT2D eigenvalue weighted by Gasteiger charge is -2.22. The number of nitrogens with zero attached hydrogens (tertiary/aromatic N) is 4. The molecule has 3 rings (SSSR count). The largest absolute Gasteiger partial charge is 0.495 e. The summed E-state index contributed by atoms with van der Waals surface area (Å²) in [5, 5.41) is 2.88. The summed E-state index contributed by atoms with van der Waals surface area (Å²) in [6.07, 6.45) is 2.38. The van der Waals surface area contributed by atoms with Crippen LogP contribution in [0.2, 0.25) is 0 Å². The van der Waals surface area contributed by atoms with Crippen LogP contribution in [0.5, 0.6) is 5.75 Å². The highest BCUT2D eigenvalue weighted by Crippen LogP contribution is 2.27. The summed E-state index contributed by atoms with van der Waals surface area (Å²) in [5.41, 5.74) is 2.54. The Hall–Kier alpha value is -3.55. The molecule has 0 aliphatic rings. The first kappa shape index (κ1) is 22.1. The number of rotatable bonds is 6. The van der Waals surface area contributed by atoms with Crippen LogP contribution in [0.4, 0.5) is 16.3 Å². The SMILES string of the molecule is CCc1nc2ccc(C(=O)N(C)C(C)C)cn2c1N(C)C(=O)Nc1ccccc1OC. The molecule has 8 heteroatoms. The van der Waals surface area contributed by atoms with Gasteiger partial charge in [-0.3, -0.25) is 14.1 Å². The van der Waals surface area contributed by atoms with Crippen LogP contribution in [-0.4, -0.2) is 53.5 Å². The van der Waals surface area contributed by atoms with Gasteiger partial charge in [0.1, 0.15) is 17.2 Å². The van der Waals surface area contributed by atoms with E-state index in [2.05, 4.69) is 10.3 Å². The highest BCUT2D eigenvalue weighted by atomic mass is 16.5. The molecule has 0 aliphatic carbocycles. The van der Waals surface area contributed by atoms with E-state index >= 15 is 0 Å². The fourth-order valence-corrected chi connectivity index (χ4v) is 3.28. The highest BCUT2D eigenvalue weighted by Gasteiger charge is 2.22. The molecule has 0 atom stereocenters. The number of methoxy groups -OCH3 is 1. The summed E-state index contributed by atoms with van der Waals surface area (Å²) >= 11 is 0. The number of urea groups is 1. The second-order valence-electron chi connectivity index (χ2n) is 7.58. The number of carbonyl (C=O) groups is 2. The van der Waals surface area contributed by atoms with E-state index in [0.717, 1.165) is 5.69 Å². The van der Waals surface area contributed by atoms with E-state index in [0.29, 0.717) is 34.9 Å². The van der Waals surface area contributed by atoms with E-state index in [1.54, 1.807) is 61.0 Å². The standard InChI is InChI=1S/C23H29N5O3/c1-7-17-21(27(5)23(30)25-18-10-8-9-11-19(18)31-6)28-14-16(12-13-20(28)24-17)22(29)26(4)15(2)3/h8-15H,7H2,1-6H3,(H,25,30). The first-order valence-corrected chi connectivity index (χ1v) is 10.2. The van der Waals surface area contributed by atoms with Gasteiger partial charge in [0.05, 0.1) is 24.1 Å². The Morgan fingerprint density at radius 1 is 1.16 bits per heavy atom. The summed E-state index contributed by atoms with van der Waals surface area (Å²) in [4.78, 5) is 33.7. The molecule has 164 valence electrons. The first-order valence-electron chi connectivity index (χ1n) is 10.2. The van der Waals surface area contributed by atoms with Crippen LogP contribution in [-0.2, 0) is 6.42 Å². The second kappa shape index (κ2) is 9.07. The molecule has 0 unspecified atom stereocenters. The average Bonchev–Trinajstić information content (AvgIpc) is 3.15. The van der Waals surface area contributed by atoms with Crippen molar-refractivity contribution in [3.8, 4) is 5.75 Å². The Kier molecular flexibility index (Phi) is 6.48. The van der Waals surface area contributed by atoms with Crippen molar-refractivity contribution in [2.75, 3.05) is 31.4 Å². The number of nitrogens with one attached hydrogen (secondary N) is 1. The molecule has 0 aliphatic heterocycles. The van der Waals surface area contributed by atoms with Crippen molar-refractivity contribution in [2.45, 2.75) is 33.2 Å². The predicted octanol–water partition coefficient (Wildman–Crippen LogP) is 4.05. The summed E-state index contributed by atoms with van der Waals surface area (Å²) < 4.78 is 7.12. The molecule has 31 heavy (non-hydrogen) atoms. The molecule has 0 radical (unpaired) electrons. The van der Waals surface area contributed by atoms with Crippen LogP contribution < -0.4 is 15.0 Å². The van der Waals surface area contributed by atoms with Gasteiger partial charge in [-0.1, -0.05) is 19.1 Å². The van der Waals surface area contributed by atoms with Crippen LogP contribution in [0, 0.1) is 0 Å². The van der Waals surface area contributed by atoms with Crippen LogP contribution in [0.15, 0.2) is 42.6 Å². The van der Waals surface area contributed by atoms with Gasteiger partial charge in [0.15, 0.2) is 0 Å². The lowest BCUT2D eigenvalue weighted by molar-refractivity contribution is 0.0754. The third-order valence-corrected chi connectivity index (χ3v) is 5.31. The summed E-state index contributed by atoms with van der Waals surface area (Å²) in [5.74, 6) is 1.10. The molecule has 3 amide bonds. The minimum absolute atomic E-state index is 0.0750. The Morgan fingerprint density at radius 2 is 1.87 bits per heavy atom. The molecule has 2 aromatic heterocycles. The number of imidazole rings is 1. The smallest absolute Gasteiger partial charge is 0.327 e. The first-order chi connectivity index (χ1) is 14.8. The molecule has 3 aromatic rings. The zero-order chi connectivity index (χ0) is 22.7. The molecule has 2 heterocycles. The minimum atomic E-state index is -0.336. The van der Waals surface area contributed by atoms with Gasteiger partial charge in [0.2, 0.25) is 0 Å². The van der Waals surface area contributed by atoms with Gasteiger partial charge in [-0.15, -0.1) is 0 Å². The number of fused-ring (bicyclic) bond motifs is 1. The fourth-order valence-electron chi connectivity index (χ4n) is 3.28. The summed E-state index contributed by atoms with van der Waals surface area (Å²) in [6.45, 7) is 5.91. The van der Waals surface area contributed by atoms with Crippen LogP contribution in [0.3, 0.4) is 0 Å². The lowest BCUT2D eigenvalue weighted by Crippen LogP contribution is -2.34. The quantitative estimate of drug-likeness (QED) is 0.649. The lowest BCUT2D eigenvalue weighted by atomic mass is 10.2. The van der Waals surface area contributed by atoms with Crippen molar-refractivity contribution in [2.24, 2.45) is 0 Å². The van der Waals surface area contributed by atoms with Crippen LogP contribution in [0.25, 0.3) is 5.65 Å². The van der Waals surface area contributed by atoms with Crippen LogP contribution >= 0.6 is 0 Å². The fraction of sp³-hybridized carbons (Fsp3) is 0.348. The van der Waals surface area contributed by atoms with Gasteiger partial charge in [-0.2, -0.15) is 0 Å². The highest BCUT2D eigenvalue weighted by molar-refractivity contribution is 6.02. The number of carbonyl (C=O) groups excluding carboxylic acids is 2. The number of anilines is 2. The van der Waals surface area contributed by atoms with Crippen molar-refractivity contribution in [3.05, 3.63) is 53.9 Å². The number of para-hydroxylation sites is 2. The van der Waals surface area contributed by atoms with E-state index in [4.69, 9.17) is 4.74 Å². The molecular weight excluding hydrogens is 394 g/mol. The second-order valence-corrected chi connectivity index (χ2v) is 7.58. The number of amides is 3. The summed E-state index contributed by atoms with van der Waals surface area (Å²) in [7, 11) is 5.01. The molecule has 0 fully saturated rings. The Balaban J connectivity index is 2.00. The summed E-state index contributed by atoms with van der Waals surface area (Å²) in [6, 6.07) is 10.5. The molecule has 8 nitrogen and oxygen atoms in total. The van der Waals surface area contributed by atoms with E-state index in [9.17, 15) is 9.59 Å². The number of hydrogen-bond donors (Lipinski definition) is 1. The van der Waals surface area contributed by atoms with E-state index in [1.807, 2.05) is 32.9 Å². The monoisotopic (exact) mass is 423 g/mol. The zero-order valence-corrected chi connectivity index (χ0v) is 18.8. The van der Waals surface area contributed by atoms with Gasteiger partial charge in [-0.25, -0.2) is 9.78 Å². The number of aryl methyl sites for hydroxylation is 1. The topological polar surface area (TPSA) is 79.2 Å². The van der Waals surface area contributed by atoms with Gasteiger partial charge in [0, 0.05) is 26.3 Å². The van der Waals surface area contributed by atoms with E-state index in [1.165, 1.54) is 4.90 Å². The van der Waals surface area contributed by atoms with Gasteiger partial charge in [0.25, 0.3) is 5.91 Å². The minimum Gasteiger partial charge on any atom is -0.495 e. The van der Waals surface area contributed by atoms with Crippen molar-refractivity contribution < 1.29 is 14.3 Å². The van der Waals surface area contributed by atoms with Gasteiger partial charge in [-0.05, 0) is 44.5 Å². The van der Waals surface area contributed by atoms with Crippen LogP contribution in [0.1, 0.15) is 36.8 Å². The van der Waals surface area contributed by atoms with Gasteiger partial charge >= 0.3 is 6.03 Å². The number of hydrogen-bond acceptors (Lipinski definition) is 4. The van der Waals surface area contributed by atoms with E-state index in [-0.39, 0.29) is 18.0 Å². The Morgan fingerprint density at radius 3 is 2.52 bits per heavy atom. The average molecular weight is 424 g/mol. The Bertz CT molecular complexity index is 1110. The molecule has 0 saturated heterocycles. The van der Waals surface area contributed by atoms with Gasteiger partial charge < -0.3 is 15.0 Å².